The van der Waals surface area contributed by atoms with E-state index in [0.717, 1.165) is 72.0 Å². The van der Waals surface area contributed by atoms with Gasteiger partial charge in [0.05, 0.1) is 22.8 Å². The molecule has 1 unspecified atom stereocenters. The smallest absolute Gasteiger partial charge is 0.318 e. The molecule has 8 nitrogen and oxygen atoms in total. The van der Waals surface area contributed by atoms with Gasteiger partial charge in [-0.3, -0.25) is 9.69 Å². The highest BCUT2D eigenvalue weighted by Gasteiger charge is 2.45. The Morgan fingerprint density at radius 3 is 2.70 bits per heavy atom. The highest BCUT2D eigenvalue weighted by molar-refractivity contribution is 6.36. The third kappa shape index (κ3) is 5.22. The lowest BCUT2D eigenvalue weighted by Crippen LogP contribution is -2.44. The molecule has 4 aliphatic rings. The number of allylic oxidation sites excluding steroid dienone is 1. The summed E-state index contributed by atoms with van der Waals surface area (Å²) in [6.07, 6.45) is 10.0. The number of rotatable bonds is 7. The van der Waals surface area contributed by atoms with Crippen LogP contribution in [0.5, 0.6) is 6.01 Å². The summed E-state index contributed by atoms with van der Waals surface area (Å²) in [6, 6.07) is 13.1. The Labute approximate surface area is 259 Å². The van der Waals surface area contributed by atoms with E-state index in [4.69, 9.17) is 26.3 Å². The lowest BCUT2D eigenvalue weighted by atomic mass is 9.95. The number of carbonyl (C=O) groups excluding carboxylic acids is 1. The number of halogens is 1. The second-order valence-electron chi connectivity index (χ2n) is 12.6. The van der Waals surface area contributed by atoms with Gasteiger partial charge in [0, 0.05) is 49.4 Å². The maximum atomic E-state index is 12.6. The quantitative estimate of drug-likeness (QED) is 0.333. The Kier molecular flexibility index (Phi) is 7.68. The van der Waals surface area contributed by atoms with Crippen molar-refractivity contribution in [1.29, 1.82) is 0 Å². The van der Waals surface area contributed by atoms with Gasteiger partial charge in [0.15, 0.2) is 0 Å². The van der Waals surface area contributed by atoms with Crippen LogP contribution in [0.3, 0.4) is 0 Å². The number of amides is 1. The molecule has 1 amide bonds. The molecule has 0 bridgehead atoms. The van der Waals surface area contributed by atoms with Crippen molar-refractivity contribution < 1.29 is 9.53 Å². The van der Waals surface area contributed by atoms with Crippen LogP contribution in [0.2, 0.25) is 5.02 Å². The molecular formula is C34H41ClN6O2. The van der Waals surface area contributed by atoms with Gasteiger partial charge in [-0.2, -0.15) is 9.97 Å². The standard InChI is InChI=1S/C34H41ClN6O2/c1-3-8-30(42)40-19-13-25(21-40)38(2)32-26-14-20-39(29-12-5-10-24-9-4-11-27(35)31(24)29)22-28(26)36-33(37-32)43-23-34-15-6-17-41(34)18-7-16-34/h3-5,8-12,25H,6-7,13-23H2,1-2H3/b8-3+. The molecule has 7 rings (SSSR count). The summed E-state index contributed by atoms with van der Waals surface area (Å²) in [5.74, 6) is 1.02. The van der Waals surface area contributed by atoms with Crippen molar-refractivity contribution >= 4 is 39.8 Å². The van der Waals surface area contributed by atoms with Crippen LogP contribution in [-0.4, -0.2) is 83.6 Å². The lowest BCUT2D eigenvalue weighted by Gasteiger charge is -2.35. The lowest BCUT2D eigenvalue weighted by molar-refractivity contribution is -0.125. The zero-order valence-electron chi connectivity index (χ0n) is 25.3. The number of likely N-dealkylation sites (N-methyl/N-ethyl adjacent to an activating group) is 1. The van der Waals surface area contributed by atoms with Gasteiger partial charge >= 0.3 is 6.01 Å². The maximum absolute atomic E-state index is 12.6. The number of anilines is 2. The van der Waals surface area contributed by atoms with Crippen LogP contribution in [0, 0.1) is 0 Å². The van der Waals surface area contributed by atoms with Crippen molar-refractivity contribution in [1.82, 2.24) is 19.8 Å². The third-order valence-electron chi connectivity index (χ3n) is 10.1. The van der Waals surface area contributed by atoms with Gasteiger partial charge in [-0.25, -0.2) is 0 Å². The molecule has 5 heterocycles. The second-order valence-corrected chi connectivity index (χ2v) is 13.0. The van der Waals surface area contributed by atoms with Crippen molar-refractivity contribution in [3.8, 4) is 6.01 Å². The predicted octanol–water partition coefficient (Wildman–Crippen LogP) is 5.47. The van der Waals surface area contributed by atoms with Crippen molar-refractivity contribution in [3.05, 3.63) is 64.8 Å². The van der Waals surface area contributed by atoms with Crippen molar-refractivity contribution in [3.63, 3.8) is 0 Å². The molecule has 3 aromatic rings. The average molecular weight is 601 g/mol. The Morgan fingerprint density at radius 2 is 1.91 bits per heavy atom. The maximum Gasteiger partial charge on any atom is 0.318 e. The normalized spacial score (nSPS) is 21.5. The van der Waals surface area contributed by atoms with E-state index in [9.17, 15) is 4.79 Å². The summed E-state index contributed by atoms with van der Waals surface area (Å²) in [5.41, 5.74) is 3.44. The van der Waals surface area contributed by atoms with Crippen LogP contribution >= 0.6 is 11.6 Å². The van der Waals surface area contributed by atoms with Gasteiger partial charge in [0.1, 0.15) is 12.4 Å². The molecule has 1 aromatic heterocycles. The van der Waals surface area contributed by atoms with Gasteiger partial charge in [0.25, 0.3) is 0 Å². The van der Waals surface area contributed by atoms with E-state index in [1.54, 1.807) is 6.08 Å². The molecule has 4 aliphatic heterocycles. The Balaban J connectivity index is 1.21. The molecule has 3 saturated heterocycles. The molecule has 3 fully saturated rings. The summed E-state index contributed by atoms with van der Waals surface area (Å²) in [7, 11) is 2.12. The summed E-state index contributed by atoms with van der Waals surface area (Å²) in [6.45, 7) is 7.79. The van der Waals surface area contributed by atoms with Crippen molar-refractivity contribution in [2.75, 3.05) is 56.2 Å². The highest BCUT2D eigenvalue weighted by atomic mass is 35.5. The van der Waals surface area contributed by atoms with E-state index in [2.05, 4.69) is 46.0 Å². The molecule has 0 saturated carbocycles. The Morgan fingerprint density at radius 1 is 1.12 bits per heavy atom. The molecule has 226 valence electrons. The fraction of sp³-hybridized carbons (Fsp3) is 0.500. The highest BCUT2D eigenvalue weighted by Crippen LogP contribution is 2.40. The van der Waals surface area contributed by atoms with Gasteiger partial charge in [-0.05, 0) is 82.1 Å². The molecule has 0 aliphatic carbocycles. The van der Waals surface area contributed by atoms with Crippen LogP contribution in [0.4, 0.5) is 11.5 Å². The van der Waals surface area contributed by atoms with Gasteiger partial charge in [0.2, 0.25) is 5.91 Å². The number of carbonyl (C=O) groups is 1. The minimum Gasteiger partial charge on any atom is -0.461 e. The molecule has 1 atom stereocenters. The third-order valence-corrected chi connectivity index (χ3v) is 10.5. The fourth-order valence-electron chi connectivity index (χ4n) is 7.83. The number of likely N-dealkylation sites (tertiary alicyclic amines) is 1. The van der Waals surface area contributed by atoms with Gasteiger partial charge < -0.3 is 19.4 Å². The van der Waals surface area contributed by atoms with Crippen LogP contribution < -0.4 is 14.5 Å². The molecule has 0 radical (unpaired) electrons. The predicted molar refractivity (Wildman–Crippen MR) is 172 cm³/mol. The number of benzene rings is 2. The van der Waals surface area contributed by atoms with Gasteiger partial charge in [-0.15, -0.1) is 0 Å². The van der Waals surface area contributed by atoms with E-state index < -0.39 is 0 Å². The summed E-state index contributed by atoms with van der Waals surface area (Å²) in [5, 5.41) is 2.98. The van der Waals surface area contributed by atoms with E-state index in [0.29, 0.717) is 25.7 Å². The molecule has 0 spiro atoms. The van der Waals surface area contributed by atoms with E-state index in [1.807, 2.05) is 30.0 Å². The van der Waals surface area contributed by atoms with Crippen molar-refractivity contribution in [2.45, 2.75) is 63.6 Å². The Bertz CT molecular complexity index is 1540. The first kappa shape index (κ1) is 28.4. The van der Waals surface area contributed by atoms with E-state index in [-0.39, 0.29) is 17.5 Å². The molecular weight excluding hydrogens is 560 g/mol. The number of nitrogens with zero attached hydrogens (tertiary/aromatic N) is 6. The SMILES string of the molecule is C/C=C/C(=O)N1CCC(N(C)c2nc(OCC34CCCN3CCC4)nc3c2CCN(c2cccc4cccc(Cl)c24)C3)C1. The fourth-order valence-corrected chi connectivity index (χ4v) is 8.11. The zero-order chi connectivity index (χ0) is 29.6. The second kappa shape index (κ2) is 11.6. The number of hydrogen-bond donors (Lipinski definition) is 0. The monoisotopic (exact) mass is 600 g/mol. The molecule has 9 heteroatoms. The Hall–Kier alpha value is -3.36. The van der Waals surface area contributed by atoms with Gasteiger partial charge in [-0.1, -0.05) is 41.9 Å². The van der Waals surface area contributed by atoms with Crippen LogP contribution in [0.1, 0.15) is 50.3 Å². The number of fused-ring (bicyclic) bond motifs is 3. The first-order chi connectivity index (χ1) is 21.0. The zero-order valence-corrected chi connectivity index (χ0v) is 26.0. The van der Waals surface area contributed by atoms with Crippen LogP contribution in [0.25, 0.3) is 10.8 Å². The van der Waals surface area contributed by atoms with Crippen LogP contribution in [-0.2, 0) is 17.8 Å². The number of aromatic nitrogens is 2. The summed E-state index contributed by atoms with van der Waals surface area (Å²) >= 11 is 6.73. The first-order valence-corrected chi connectivity index (χ1v) is 16.2. The minimum atomic E-state index is 0.0773. The first-order valence-electron chi connectivity index (χ1n) is 15.8. The number of hydrogen-bond acceptors (Lipinski definition) is 7. The summed E-state index contributed by atoms with van der Waals surface area (Å²) in [4.78, 5) is 32.0. The van der Waals surface area contributed by atoms with Crippen molar-refractivity contribution in [2.24, 2.45) is 0 Å². The van der Waals surface area contributed by atoms with E-state index in [1.165, 1.54) is 31.2 Å². The number of ether oxygens (including phenoxy) is 1. The molecule has 43 heavy (non-hydrogen) atoms. The van der Waals surface area contributed by atoms with Crippen LogP contribution in [0.15, 0.2) is 48.6 Å². The topological polar surface area (TPSA) is 65.0 Å². The summed E-state index contributed by atoms with van der Waals surface area (Å²) < 4.78 is 6.53. The molecule has 2 aromatic carbocycles. The minimum absolute atomic E-state index is 0.0773. The largest absolute Gasteiger partial charge is 0.461 e. The molecule has 0 N–H and O–H groups in total. The van der Waals surface area contributed by atoms with E-state index >= 15 is 0 Å². The average Bonchev–Trinajstić information content (AvgIpc) is 3.76.